The summed E-state index contributed by atoms with van der Waals surface area (Å²) in [4.78, 5) is 4.73. The van der Waals surface area contributed by atoms with E-state index in [1.54, 1.807) is 0 Å². The zero-order chi connectivity index (χ0) is 28.7. The molecule has 0 spiro atoms. The third kappa shape index (κ3) is 3.75. The lowest BCUT2D eigenvalue weighted by atomic mass is 9.66. The van der Waals surface area contributed by atoms with Gasteiger partial charge in [0, 0.05) is 27.9 Å². The van der Waals surface area contributed by atoms with Gasteiger partial charge in [0.25, 0.3) is 0 Å². The summed E-state index contributed by atoms with van der Waals surface area (Å²) in [7, 11) is 0. The lowest BCUT2D eigenvalue weighted by Gasteiger charge is -2.49. The molecule has 2 aliphatic heterocycles. The molecule has 3 heteroatoms. The number of aryl methyl sites for hydroxylation is 2. The Morgan fingerprint density at radius 3 is 1.78 bits per heavy atom. The molecule has 204 valence electrons. The van der Waals surface area contributed by atoms with Crippen LogP contribution in [0.1, 0.15) is 61.1 Å². The molecular weight excluding hydrogens is 503 g/mol. The molecule has 0 radical (unpaired) electrons. The van der Waals surface area contributed by atoms with Crippen molar-refractivity contribution in [3.05, 3.63) is 142 Å². The van der Waals surface area contributed by atoms with E-state index in [1.165, 1.54) is 62.6 Å². The van der Waals surface area contributed by atoms with Crippen LogP contribution < -0.4 is 9.80 Å². The number of hydrogen-bond donors (Lipinski definition) is 0. The first kappa shape index (κ1) is 25.6. The summed E-state index contributed by atoms with van der Waals surface area (Å²) in [6.45, 7) is 13.6. The van der Waals surface area contributed by atoms with Crippen LogP contribution in [0, 0.1) is 19.7 Å². The van der Waals surface area contributed by atoms with Gasteiger partial charge in [-0.2, -0.15) is 0 Å². The Labute approximate surface area is 242 Å². The van der Waals surface area contributed by atoms with E-state index in [4.69, 9.17) is 0 Å². The predicted molar refractivity (Wildman–Crippen MR) is 169 cm³/mol. The van der Waals surface area contributed by atoms with E-state index in [-0.39, 0.29) is 16.6 Å². The molecule has 0 bridgehead atoms. The van der Waals surface area contributed by atoms with Crippen molar-refractivity contribution in [3.8, 4) is 0 Å². The molecule has 0 amide bonds. The first-order valence-electron chi connectivity index (χ1n) is 14.4. The predicted octanol–water partition coefficient (Wildman–Crippen LogP) is 10.7. The molecule has 0 aliphatic carbocycles. The monoisotopic (exact) mass is 538 g/mol. The molecule has 0 saturated carbocycles. The van der Waals surface area contributed by atoms with Crippen LogP contribution in [0.5, 0.6) is 0 Å². The summed E-state index contributed by atoms with van der Waals surface area (Å²) in [6.07, 6.45) is 0. The standard InChI is InChI=1S/C38H35FN2/c1-24-20-25(2)22-29(21-24)40(27-16-14-26(39)15-17-27)28-18-19-35-33(23-28)38(5,6)32-12-9-11-31-36(32)41(35)34-13-8-7-10-30(34)37(31,3)4/h7-23H,1-6H3. The van der Waals surface area contributed by atoms with Crippen LogP contribution in [0.25, 0.3) is 0 Å². The fourth-order valence-corrected chi connectivity index (χ4v) is 7.13. The van der Waals surface area contributed by atoms with E-state index in [9.17, 15) is 4.39 Å². The molecule has 2 nitrogen and oxygen atoms in total. The quantitative estimate of drug-likeness (QED) is 0.225. The van der Waals surface area contributed by atoms with Gasteiger partial charge in [0.2, 0.25) is 0 Å². The summed E-state index contributed by atoms with van der Waals surface area (Å²) in [6, 6.07) is 35.9. The Morgan fingerprint density at radius 2 is 1.10 bits per heavy atom. The molecule has 7 rings (SSSR count). The van der Waals surface area contributed by atoms with E-state index in [0.29, 0.717) is 0 Å². The van der Waals surface area contributed by atoms with Crippen molar-refractivity contribution >= 4 is 34.1 Å². The number of nitrogens with zero attached hydrogens (tertiary/aromatic N) is 2. The summed E-state index contributed by atoms with van der Waals surface area (Å²) in [5.74, 6) is -0.236. The number of para-hydroxylation sites is 2. The van der Waals surface area contributed by atoms with Crippen molar-refractivity contribution in [2.24, 2.45) is 0 Å². The minimum Gasteiger partial charge on any atom is -0.310 e. The molecule has 0 N–H and O–H groups in total. The van der Waals surface area contributed by atoms with Gasteiger partial charge >= 0.3 is 0 Å². The first-order chi connectivity index (χ1) is 19.6. The normalized spacial score (nSPS) is 15.5. The lowest BCUT2D eigenvalue weighted by Crippen LogP contribution is -2.38. The van der Waals surface area contributed by atoms with Crippen molar-refractivity contribution in [2.45, 2.75) is 52.4 Å². The second-order valence-electron chi connectivity index (χ2n) is 12.7. The molecule has 0 atom stereocenters. The molecule has 0 unspecified atom stereocenters. The van der Waals surface area contributed by atoms with E-state index >= 15 is 0 Å². The van der Waals surface area contributed by atoms with Gasteiger partial charge in [0.1, 0.15) is 5.82 Å². The van der Waals surface area contributed by atoms with Crippen LogP contribution in [0.15, 0.2) is 103 Å². The molecular formula is C38H35FN2. The molecule has 0 saturated heterocycles. The minimum absolute atomic E-state index is 0.103. The maximum absolute atomic E-state index is 14.0. The summed E-state index contributed by atoms with van der Waals surface area (Å²) in [5.41, 5.74) is 14.2. The second kappa shape index (κ2) is 8.81. The van der Waals surface area contributed by atoms with Gasteiger partial charge in [0.15, 0.2) is 0 Å². The lowest BCUT2D eigenvalue weighted by molar-refractivity contribution is 0.597. The molecule has 5 aromatic rings. The van der Waals surface area contributed by atoms with Crippen molar-refractivity contribution in [3.63, 3.8) is 0 Å². The number of benzene rings is 5. The SMILES string of the molecule is Cc1cc(C)cc(N(c2ccc(F)cc2)c2ccc3c(c2)C(C)(C)c2cccc4c2N3c2ccccc2C4(C)C)c1. The number of anilines is 6. The van der Waals surface area contributed by atoms with Crippen LogP contribution >= 0.6 is 0 Å². The number of rotatable bonds is 3. The fraction of sp³-hybridized carbons (Fsp3) is 0.211. The first-order valence-corrected chi connectivity index (χ1v) is 14.4. The summed E-state index contributed by atoms with van der Waals surface area (Å²) < 4.78 is 14.0. The zero-order valence-electron chi connectivity index (χ0n) is 24.6. The summed E-state index contributed by atoms with van der Waals surface area (Å²) in [5, 5.41) is 0. The highest BCUT2D eigenvalue weighted by molar-refractivity contribution is 5.93. The van der Waals surface area contributed by atoms with Crippen molar-refractivity contribution in [1.82, 2.24) is 0 Å². The van der Waals surface area contributed by atoms with Crippen LogP contribution in [-0.4, -0.2) is 0 Å². The Morgan fingerprint density at radius 1 is 0.537 bits per heavy atom. The Kier molecular flexibility index (Phi) is 5.50. The minimum atomic E-state index is -0.236. The van der Waals surface area contributed by atoms with Crippen molar-refractivity contribution in [1.29, 1.82) is 0 Å². The highest BCUT2D eigenvalue weighted by Crippen LogP contribution is 2.60. The fourth-order valence-electron chi connectivity index (χ4n) is 7.13. The highest BCUT2D eigenvalue weighted by Gasteiger charge is 2.45. The van der Waals surface area contributed by atoms with Crippen LogP contribution in [0.4, 0.5) is 38.5 Å². The van der Waals surface area contributed by atoms with Crippen molar-refractivity contribution in [2.75, 3.05) is 9.80 Å². The van der Waals surface area contributed by atoms with E-state index < -0.39 is 0 Å². The van der Waals surface area contributed by atoms with E-state index in [0.717, 1.165) is 17.1 Å². The van der Waals surface area contributed by atoms with Crippen molar-refractivity contribution < 1.29 is 4.39 Å². The highest BCUT2D eigenvalue weighted by atomic mass is 19.1. The van der Waals surface area contributed by atoms with E-state index in [2.05, 4.69) is 130 Å². The van der Waals surface area contributed by atoms with Gasteiger partial charge in [-0.25, -0.2) is 4.39 Å². The van der Waals surface area contributed by atoms with Gasteiger partial charge < -0.3 is 9.80 Å². The number of halogens is 1. The number of fused-ring (bicyclic) bond motifs is 4. The Balaban J connectivity index is 1.49. The number of hydrogen-bond acceptors (Lipinski definition) is 2. The molecule has 5 aromatic carbocycles. The Bertz CT molecular complexity index is 1810. The smallest absolute Gasteiger partial charge is 0.123 e. The molecule has 2 aliphatic rings. The van der Waals surface area contributed by atoms with Crippen LogP contribution in [-0.2, 0) is 10.8 Å². The van der Waals surface area contributed by atoms with Gasteiger partial charge in [-0.15, -0.1) is 0 Å². The molecule has 0 fully saturated rings. The van der Waals surface area contributed by atoms with Gasteiger partial charge in [-0.05, 0) is 108 Å². The summed E-state index contributed by atoms with van der Waals surface area (Å²) >= 11 is 0. The zero-order valence-corrected chi connectivity index (χ0v) is 24.6. The Hall–Kier alpha value is -4.37. The van der Waals surface area contributed by atoms with Gasteiger partial charge in [0.05, 0.1) is 17.1 Å². The third-order valence-electron chi connectivity index (χ3n) is 9.13. The van der Waals surface area contributed by atoms with Gasteiger partial charge in [-0.3, -0.25) is 0 Å². The largest absolute Gasteiger partial charge is 0.310 e. The maximum Gasteiger partial charge on any atom is 0.123 e. The third-order valence-corrected chi connectivity index (χ3v) is 9.13. The van der Waals surface area contributed by atoms with E-state index in [1.807, 2.05) is 12.1 Å². The van der Waals surface area contributed by atoms with Crippen LogP contribution in [0.2, 0.25) is 0 Å². The van der Waals surface area contributed by atoms with Crippen LogP contribution in [0.3, 0.4) is 0 Å². The average molecular weight is 539 g/mol. The molecule has 2 heterocycles. The average Bonchev–Trinajstić information content (AvgIpc) is 2.94. The maximum atomic E-state index is 14.0. The molecule has 41 heavy (non-hydrogen) atoms. The second-order valence-corrected chi connectivity index (χ2v) is 12.7. The topological polar surface area (TPSA) is 6.48 Å². The van der Waals surface area contributed by atoms with Gasteiger partial charge in [-0.1, -0.05) is 70.2 Å². The molecule has 0 aromatic heterocycles.